The summed E-state index contributed by atoms with van der Waals surface area (Å²) in [6.45, 7) is 3.64. The minimum Gasteiger partial charge on any atom is -0.870 e. The van der Waals surface area contributed by atoms with E-state index in [2.05, 4.69) is 5.32 Å². The van der Waals surface area contributed by atoms with Crippen molar-refractivity contribution in [3.63, 3.8) is 0 Å². The number of allylic oxidation sites excluding steroid dienone is 1. The molecule has 0 saturated carbocycles. The van der Waals surface area contributed by atoms with Gasteiger partial charge in [-0.3, -0.25) is 9.59 Å². The molecule has 1 heterocycles. The molecule has 2 aromatic carbocycles. The fraction of sp³-hybridized carbons (Fsp3) is 0.111. The smallest absolute Gasteiger partial charge is 0.870 e. The fourth-order valence-corrected chi connectivity index (χ4v) is 4.22. The fourth-order valence-electron chi connectivity index (χ4n) is 3.25. The Morgan fingerprint density at radius 1 is 1.14 bits per heavy atom. The molecular formula is C27H22N3NaO5S. The van der Waals surface area contributed by atoms with Crippen LogP contribution < -0.4 is 45.7 Å². The van der Waals surface area contributed by atoms with Gasteiger partial charge in [-0.1, -0.05) is 65.9 Å². The van der Waals surface area contributed by atoms with Crippen molar-refractivity contribution in [3.8, 4) is 17.2 Å². The number of nitrogens with two attached hydrogens (primary N) is 1. The van der Waals surface area contributed by atoms with Crippen LogP contribution in [0.1, 0.15) is 33.2 Å². The first-order valence-electron chi connectivity index (χ1n) is 10.8. The number of carbonyl (C=O) groups is 3. The molecule has 10 heteroatoms. The number of primary amides is 1. The average Bonchev–Trinajstić information content (AvgIpc) is 3.28. The van der Waals surface area contributed by atoms with Gasteiger partial charge in [0.25, 0.3) is 5.91 Å². The van der Waals surface area contributed by atoms with Gasteiger partial charge in [-0.25, -0.2) is 4.79 Å². The van der Waals surface area contributed by atoms with E-state index in [0.29, 0.717) is 5.56 Å². The summed E-state index contributed by atoms with van der Waals surface area (Å²) in [6, 6.07) is 17.2. The Morgan fingerprint density at radius 3 is 2.35 bits per heavy atom. The molecule has 0 atom stereocenters. The molecule has 0 spiro atoms. The van der Waals surface area contributed by atoms with Gasteiger partial charge in [-0.15, -0.1) is 11.3 Å². The predicted octanol–water partition coefficient (Wildman–Crippen LogP) is 0.706. The van der Waals surface area contributed by atoms with Gasteiger partial charge in [-0.2, -0.15) is 5.26 Å². The molecule has 0 aliphatic heterocycles. The molecule has 0 saturated heterocycles. The molecule has 3 aromatic rings. The van der Waals surface area contributed by atoms with Crippen LogP contribution >= 0.6 is 11.3 Å². The monoisotopic (exact) mass is 523 g/mol. The molecular weight excluding hydrogens is 501 g/mol. The van der Waals surface area contributed by atoms with Crippen LogP contribution in [0.5, 0.6) is 0 Å². The zero-order valence-corrected chi connectivity index (χ0v) is 23.3. The number of anilines is 1. The molecule has 1 amide bonds. The molecule has 182 valence electrons. The first-order valence-corrected chi connectivity index (χ1v) is 11.7. The number of benzene rings is 2. The van der Waals surface area contributed by atoms with E-state index in [1.54, 1.807) is 36.6 Å². The van der Waals surface area contributed by atoms with Crippen LogP contribution in [0, 0.1) is 18.3 Å². The minimum absolute atomic E-state index is 0. The van der Waals surface area contributed by atoms with Gasteiger partial charge in [0, 0.05) is 28.3 Å². The van der Waals surface area contributed by atoms with Crippen LogP contribution in [0.2, 0.25) is 0 Å². The number of ketones is 1. The third kappa shape index (κ3) is 7.18. The van der Waals surface area contributed by atoms with Gasteiger partial charge >= 0.3 is 35.5 Å². The Balaban J connectivity index is 0.00000481. The van der Waals surface area contributed by atoms with E-state index in [1.165, 1.54) is 6.07 Å². The quantitative estimate of drug-likeness (QED) is 0.0799. The van der Waals surface area contributed by atoms with Gasteiger partial charge in [-0.05, 0) is 19.4 Å². The van der Waals surface area contributed by atoms with Crippen LogP contribution in [0.4, 0.5) is 5.00 Å². The second-order valence-electron chi connectivity index (χ2n) is 7.53. The summed E-state index contributed by atoms with van der Waals surface area (Å²) in [4.78, 5) is 37.5. The van der Waals surface area contributed by atoms with Crippen LogP contribution in [0.25, 0.3) is 11.1 Å². The normalized spacial score (nSPS) is 11.4. The Labute approximate surface area is 240 Å². The largest absolute Gasteiger partial charge is 1.00 e. The Morgan fingerprint density at radius 2 is 1.78 bits per heavy atom. The summed E-state index contributed by atoms with van der Waals surface area (Å²) in [6.07, 6.45) is 0.976. The van der Waals surface area contributed by atoms with E-state index < -0.39 is 29.0 Å². The molecule has 1 aromatic heterocycles. The van der Waals surface area contributed by atoms with E-state index in [9.17, 15) is 24.8 Å². The summed E-state index contributed by atoms with van der Waals surface area (Å²) in [7, 11) is 0. The zero-order valence-electron chi connectivity index (χ0n) is 20.5. The maximum absolute atomic E-state index is 13.1. The standard InChI is InChI=1S/C27H23N3O5S.Na/c1-3-35-27(34)23-20(17-7-5-4-6-8-17)15-36-26(23)30-21(24(32)19(14-28)25(29)33)13-22(31)18-11-9-16(2)10-12-18;/h4-13,15,30,32H,3H2,1-2H3,(H2,29,33);/q;+1/p-1. The Hall–Kier alpha value is -3.68. The number of hydrogen-bond donors (Lipinski definition) is 2. The molecule has 0 aliphatic rings. The number of nitriles is 1. The second-order valence-corrected chi connectivity index (χ2v) is 8.41. The zero-order chi connectivity index (χ0) is 26.2. The topological polar surface area (TPSA) is 145 Å². The summed E-state index contributed by atoms with van der Waals surface area (Å²) >= 11 is 1.10. The van der Waals surface area contributed by atoms with Crippen molar-refractivity contribution < 1.29 is 53.8 Å². The number of rotatable bonds is 9. The SMILES string of the molecule is CCOC(=O)c1c(-c2ccccc2)csc1NC(=CC(=O)c1ccc(C)cc1)C([O-])=C(C#N)C(N)=O.[Na+]. The van der Waals surface area contributed by atoms with Crippen molar-refractivity contribution in [2.24, 2.45) is 5.73 Å². The number of nitrogens with one attached hydrogen (secondary N) is 1. The van der Waals surface area contributed by atoms with Crippen LogP contribution in [0.3, 0.4) is 0 Å². The van der Waals surface area contributed by atoms with Crippen LogP contribution in [-0.2, 0) is 9.53 Å². The Bertz CT molecular complexity index is 1400. The molecule has 8 nitrogen and oxygen atoms in total. The van der Waals surface area contributed by atoms with Crippen LogP contribution in [0.15, 0.2) is 83.1 Å². The van der Waals surface area contributed by atoms with Crippen molar-refractivity contribution in [2.45, 2.75) is 13.8 Å². The third-order valence-corrected chi connectivity index (χ3v) is 5.94. The second kappa shape index (κ2) is 13.6. The van der Waals surface area contributed by atoms with Crippen molar-refractivity contribution in [3.05, 3.63) is 99.8 Å². The summed E-state index contributed by atoms with van der Waals surface area (Å²) in [5.74, 6) is -3.50. The van der Waals surface area contributed by atoms with Crippen molar-refractivity contribution in [1.82, 2.24) is 0 Å². The van der Waals surface area contributed by atoms with E-state index >= 15 is 0 Å². The number of esters is 1. The maximum Gasteiger partial charge on any atom is 1.00 e. The predicted molar refractivity (Wildman–Crippen MR) is 135 cm³/mol. The molecule has 0 fully saturated rings. The number of hydrogen-bond acceptors (Lipinski definition) is 8. The molecule has 3 rings (SSSR count). The van der Waals surface area contributed by atoms with Gasteiger partial charge in [0.1, 0.15) is 22.2 Å². The maximum atomic E-state index is 13.1. The molecule has 37 heavy (non-hydrogen) atoms. The van der Waals surface area contributed by atoms with E-state index in [1.807, 2.05) is 37.3 Å². The van der Waals surface area contributed by atoms with Gasteiger partial charge < -0.3 is 20.9 Å². The minimum atomic E-state index is -1.24. The number of carbonyl (C=O) groups excluding carboxylic acids is 3. The first-order chi connectivity index (χ1) is 17.3. The summed E-state index contributed by atoms with van der Waals surface area (Å²) in [5.41, 5.74) is 6.61. The molecule has 0 bridgehead atoms. The molecule has 3 N–H and O–H groups in total. The molecule has 0 radical (unpaired) electrons. The van der Waals surface area contributed by atoms with Crippen LogP contribution in [-0.4, -0.2) is 24.3 Å². The number of aryl methyl sites for hydroxylation is 1. The van der Waals surface area contributed by atoms with E-state index in [4.69, 9.17) is 10.5 Å². The van der Waals surface area contributed by atoms with Crippen molar-refractivity contribution >= 4 is 34.0 Å². The van der Waals surface area contributed by atoms with Crippen molar-refractivity contribution in [1.29, 1.82) is 5.26 Å². The molecule has 0 unspecified atom stereocenters. The third-order valence-electron chi connectivity index (χ3n) is 5.04. The number of amides is 1. The summed E-state index contributed by atoms with van der Waals surface area (Å²) < 4.78 is 5.22. The molecule has 0 aliphatic carbocycles. The first kappa shape index (κ1) is 29.5. The Kier molecular flexibility index (Phi) is 10.8. The van der Waals surface area contributed by atoms with E-state index in [-0.39, 0.29) is 58.0 Å². The average molecular weight is 524 g/mol. The number of thiophene rings is 1. The van der Waals surface area contributed by atoms with Gasteiger partial charge in [0.15, 0.2) is 5.78 Å². The van der Waals surface area contributed by atoms with E-state index in [0.717, 1.165) is 28.5 Å². The summed E-state index contributed by atoms with van der Waals surface area (Å²) in [5, 5.41) is 27.1. The number of ether oxygens (including phenoxy) is 1. The number of nitrogens with zero attached hydrogens (tertiary/aromatic N) is 1. The van der Waals surface area contributed by atoms with Gasteiger partial charge in [0.2, 0.25) is 0 Å². The van der Waals surface area contributed by atoms with Crippen molar-refractivity contribution in [2.75, 3.05) is 11.9 Å². The van der Waals surface area contributed by atoms with Gasteiger partial charge in [0.05, 0.1) is 6.61 Å².